The Labute approximate surface area is 282 Å². The Kier molecular flexibility index (Phi) is 12.6. The van der Waals surface area contributed by atoms with Crippen molar-refractivity contribution in [3.63, 3.8) is 0 Å². The van der Waals surface area contributed by atoms with Crippen molar-refractivity contribution in [1.29, 1.82) is 0 Å². The minimum atomic E-state index is -4.43. The van der Waals surface area contributed by atoms with Crippen LogP contribution in [0.5, 0.6) is 11.5 Å². The number of aryl methyl sites for hydroxylation is 1. The van der Waals surface area contributed by atoms with E-state index in [4.69, 9.17) is 9.47 Å². The molecule has 9 nitrogen and oxygen atoms in total. The number of amides is 2. The number of benzene rings is 4. The second-order valence-corrected chi connectivity index (χ2v) is 13.2. The van der Waals surface area contributed by atoms with Crippen molar-refractivity contribution < 1.29 is 31.9 Å². The third-order valence-corrected chi connectivity index (χ3v) is 9.68. The highest BCUT2D eigenvalue weighted by atomic mass is 32.2. The number of anilines is 1. The maximum atomic E-state index is 14.6. The average Bonchev–Trinajstić information content (AvgIpc) is 3.10. The molecule has 0 heterocycles. The Balaban J connectivity index is 1.80. The Morgan fingerprint density at radius 3 is 2.15 bits per heavy atom. The minimum absolute atomic E-state index is 0.0471. The standard InChI is InChI=1S/C37H42FN3O6S/c1-5-6-22-39-37(43)33(23-28-10-8-7-9-11-28)40(25-29-14-12-27(2)13-15-29)36(42)26-41(31-18-16-30(38)17-19-31)48(44,45)32-20-21-34(46-3)35(24-32)47-4/h7-21,24,33H,5-6,22-23,25-26H2,1-4H3,(H,39,43)/t33-/m1/s1. The molecule has 0 spiro atoms. The first-order chi connectivity index (χ1) is 23.1. The van der Waals surface area contributed by atoms with Crippen molar-refractivity contribution in [2.45, 2.75) is 50.6 Å². The molecule has 1 N–H and O–H groups in total. The number of carbonyl (C=O) groups is 2. The van der Waals surface area contributed by atoms with Crippen LogP contribution in [0.25, 0.3) is 0 Å². The average molecular weight is 676 g/mol. The van der Waals surface area contributed by atoms with Crippen LogP contribution < -0.4 is 19.1 Å². The fraction of sp³-hybridized carbons (Fsp3) is 0.297. The van der Waals surface area contributed by atoms with Gasteiger partial charge in [-0.2, -0.15) is 0 Å². The number of methoxy groups -OCH3 is 2. The van der Waals surface area contributed by atoms with Gasteiger partial charge in [0.15, 0.2) is 11.5 Å². The zero-order valence-corrected chi connectivity index (χ0v) is 28.5. The summed E-state index contributed by atoms with van der Waals surface area (Å²) in [5.41, 5.74) is 2.70. The molecular weight excluding hydrogens is 633 g/mol. The van der Waals surface area contributed by atoms with Gasteiger partial charge in [-0.3, -0.25) is 13.9 Å². The van der Waals surface area contributed by atoms with Gasteiger partial charge in [0.1, 0.15) is 18.4 Å². The number of nitrogens with zero attached hydrogens (tertiary/aromatic N) is 2. The molecule has 0 unspecified atom stereocenters. The zero-order valence-electron chi connectivity index (χ0n) is 27.7. The first-order valence-electron chi connectivity index (χ1n) is 15.7. The molecule has 0 radical (unpaired) electrons. The Morgan fingerprint density at radius 2 is 1.52 bits per heavy atom. The third-order valence-electron chi connectivity index (χ3n) is 7.91. The fourth-order valence-corrected chi connectivity index (χ4v) is 6.62. The van der Waals surface area contributed by atoms with E-state index in [0.717, 1.165) is 46.0 Å². The molecule has 11 heteroatoms. The molecule has 0 aliphatic rings. The Hall–Kier alpha value is -4.90. The molecule has 0 saturated carbocycles. The third kappa shape index (κ3) is 9.13. The van der Waals surface area contributed by atoms with Crippen molar-refractivity contribution in [3.05, 3.63) is 120 Å². The summed E-state index contributed by atoms with van der Waals surface area (Å²) in [5, 5.41) is 2.97. The summed E-state index contributed by atoms with van der Waals surface area (Å²) >= 11 is 0. The number of halogens is 1. The molecule has 48 heavy (non-hydrogen) atoms. The van der Waals surface area contributed by atoms with E-state index in [9.17, 15) is 22.4 Å². The van der Waals surface area contributed by atoms with E-state index < -0.39 is 34.3 Å². The molecule has 0 aliphatic heterocycles. The van der Waals surface area contributed by atoms with E-state index in [2.05, 4.69) is 5.32 Å². The molecule has 4 aromatic rings. The van der Waals surface area contributed by atoms with Crippen LogP contribution in [0.4, 0.5) is 10.1 Å². The number of ether oxygens (including phenoxy) is 2. The summed E-state index contributed by atoms with van der Waals surface area (Å²) in [6, 6.07) is 24.9. The molecule has 254 valence electrons. The summed E-state index contributed by atoms with van der Waals surface area (Å²) in [6.45, 7) is 3.78. The maximum absolute atomic E-state index is 14.6. The van der Waals surface area contributed by atoms with Gasteiger partial charge in [-0.05, 0) is 60.9 Å². The minimum Gasteiger partial charge on any atom is -0.493 e. The number of rotatable bonds is 16. The van der Waals surface area contributed by atoms with Crippen molar-refractivity contribution in [2.75, 3.05) is 31.6 Å². The highest BCUT2D eigenvalue weighted by molar-refractivity contribution is 7.92. The summed E-state index contributed by atoms with van der Waals surface area (Å²) in [5.74, 6) is -1.03. The van der Waals surface area contributed by atoms with E-state index in [1.54, 1.807) is 0 Å². The largest absolute Gasteiger partial charge is 0.493 e. The van der Waals surface area contributed by atoms with E-state index in [0.29, 0.717) is 12.3 Å². The van der Waals surface area contributed by atoms with Crippen LogP contribution in [0, 0.1) is 12.7 Å². The summed E-state index contributed by atoms with van der Waals surface area (Å²) in [4.78, 5) is 29.7. The topological polar surface area (TPSA) is 105 Å². The van der Waals surface area contributed by atoms with Crippen LogP contribution in [-0.4, -0.2) is 58.5 Å². The lowest BCUT2D eigenvalue weighted by atomic mass is 10.0. The molecule has 0 bridgehead atoms. The molecule has 0 fully saturated rings. The molecule has 4 aromatic carbocycles. The van der Waals surface area contributed by atoms with Gasteiger partial charge in [-0.25, -0.2) is 12.8 Å². The number of carbonyl (C=O) groups excluding carboxylic acids is 2. The number of nitrogens with one attached hydrogen (secondary N) is 1. The number of unbranched alkanes of at least 4 members (excludes halogenated alkanes) is 1. The lowest BCUT2D eigenvalue weighted by Gasteiger charge is -2.34. The number of sulfonamides is 1. The van der Waals surface area contributed by atoms with Crippen LogP contribution in [0.15, 0.2) is 102 Å². The van der Waals surface area contributed by atoms with Crippen LogP contribution in [0.2, 0.25) is 0 Å². The molecule has 0 aromatic heterocycles. The second-order valence-electron chi connectivity index (χ2n) is 11.4. The molecule has 4 rings (SSSR count). The van der Waals surface area contributed by atoms with Crippen molar-refractivity contribution >= 4 is 27.5 Å². The van der Waals surface area contributed by atoms with E-state index in [1.165, 1.54) is 49.5 Å². The predicted octanol–water partition coefficient (Wildman–Crippen LogP) is 5.90. The zero-order chi connectivity index (χ0) is 34.7. The second kappa shape index (κ2) is 16.8. The Morgan fingerprint density at radius 1 is 0.854 bits per heavy atom. The predicted molar refractivity (Wildman–Crippen MR) is 184 cm³/mol. The number of hydrogen-bond donors (Lipinski definition) is 1. The van der Waals surface area contributed by atoms with Gasteiger partial charge in [0, 0.05) is 25.6 Å². The van der Waals surface area contributed by atoms with Crippen molar-refractivity contribution in [1.82, 2.24) is 10.2 Å². The van der Waals surface area contributed by atoms with Gasteiger partial charge in [0.05, 0.1) is 24.8 Å². The highest BCUT2D eigenvalue weighted by Crippen LogP contribution is 2.32. The van der Waals surface area contributed by atoms with E-state index >= 15 is 0 Å². The molecular formula is C37H42FN3O6S. The Bertz CT molecular complexity index is 1770. The number of hydrogen-bond acceptors (Lipinski definition) is 6. The van der Waals surface area contributed by atoms with Gasteiger partial charge in [-0.15, -0.1) is 0 Å². The summed E-state index contributed by atoms with van der Waals surface area (Å²) in [6.07, 6.45) is 1.84. The quantitative estimate of drug-likeness (QED) is 0.148. The molecule has 0 saturated heterocycles. The monoisotopic (exact) mass is 675 g/mol. The molecule has 0 aliphatic carbocycles. The van der Waals surface area contributed by atoms with Gasteiger partial charge in [0.25, 0.3) is 10.0 Å². The smallest absolute Gasteiger partial charge is 0.264 e. The van der Waals surface area contributed by atoms with Crippen LogP contribution in [0.1, 0.15) is 36.5 Å². The van der Waals surface area contributed by atoms with Gasteiger partial charge >= 0.3 is 0 Å². The molecule has 2 amide bonds. The first-order valence-corrected chi connectivity index (χ1v) is 17.2. The first kappa shape index (κ1) is 35.9. The summed E-state index contributed by atoms with van der Waals surface area (Å²) < 4.78 is 54.2. The van der Waals surface area contributed by atoms with Crippen molar-refractivity contribution in [3.8, 4) is 11.5 Å². The van der Waals surface area contributed by atoms with Crippen molar-refractivity contribution in [2.24, 2.45) is 0 Å². The van der Waals surface area contributed by atoms with Gasteiger partial charge in [-0.1, -0.05) is 73.5 Å². The van der Waals surface area contributed by atoms with Crippen LogP contribution in [0.3, 0.4) is 0 Å². The van der Waals surface area contributed by atoms with E-state index in [-0.39, 0.29) is 35.2 Å². The van der Waals surface area contributed by atoms with Gasteiger partial charge in [0.2, 0.25) is 11.8 Å². The van der Waals surface area contributed by atoms with Crippen LogP contribution >= 0.6 is 0 Å². The maximum Gasteiger partial charge on any atom is 0.264 e. The lowest BCUT2D eigenvalue weighted by Crippen LogP contribution is -2.53. The highest BCUT2D eigenvalue weighted by Gasteiger charge is 2.35. The SMILES string of the molecule is CCCCNC(=O)[C@@H](Cc1ccccc1)N(Cc1ccc(C)cc1)C(=O)CN(c1ccc(F)cc1)S(=O)(=O)c1ccc(OC)c(OC)c1. The van der Waals surface area contributed by atoms with E-state index in [1.807, 2.05) is 68.4 Å². The summed E-state index contributed by atoms with van der Waals surface area (Å²) in [7, 11) is -1.61. The normalized spacial score (nSPS) is 11.8. The molecule has 1 atom stereocenters. The van der Waals surface area contributed by atoms with Gasteiger partial charge < -0.3 is 19.7 Å². The van der Waals surface area contributed by atoms with Crippen LogP contribution in [-0.2, 0) is 32.6 Å². The lowest BCUT2D eigenvalue weighted by molar-refractivity contribution is -0.140. The fourth-order valence-electron chi connectivity index (χ4n) is 5.19.